The van der Waals surface area contributed by atoms with Crippen molar-refractivity contribution in [3.8, 4) is 0 Å². The molecule has 0 radical (unpaired) electrons. The number of carbonyl (C=O) groups is 1. The predicted molar refractivity (Wildman–Crippen MR) is 86.6 cm³/mol. The highest BCUT2D eigenvalue weighted by Gasteiger charge is 2.18. The van der Waals surface area contributed by atoms with E-state index in [-0.39, 0.29) is 5.91 Å². The maximum Gasteiger partial charge on any atom is 0.258 e. The Balaban J connectivity index is 2.04. The lowest BCUT2D eigenvalue weighted by atomic mass is 10.2. The van der Waals surface area contributed by atoms with Crippen LogP contribution in [0.2, 0.25) is 5.02 Å². The van der Waals surface area contributed by atoms with Crippen LogP contribution in [0.5, 0.6) is 0 Å². The number of ether oxygens (including phenoxy) is 1. The Kier molecular flexibility index (Phi) is 5.37. The standard InChI is InChI=1S/C12H12ClIN2O2S/c13-10-2-1-8(14)7-9(10)11(17)15-12(19)16-3-5-18-6-4-16/h1-2,7H,3-6H2,(H,15,17,19). The molecular formula is C12H12ClIN2O2S. The van der Waals surface area contributed by atoms with Gasteiger partial charge in [-0.1, -0.05) is 11.6 Å². The fraction of sp³-hybridized carbons (Fsp3) is 0.333. The summed E-state index contributed by atoms with van der Waals surface area (Å²) in [6.45, 7) is 2.64. The third kappa shape index (κ3) is 4.01. The molecule has 1 N–H and O–H groups in total. The first-order valence-corrected chi connectivity index (χ1v) is 7.57. The highest BCUT2D eigenvalue weighted by Crippen LogP contribution is 2.18. The number of amides is 1. The SMILES string of the molecule is O=C(NC(=S)N1CCOCC1)c1cc(I)ccc1Cl. The van der Waals surface area contributed by atoms with Crippen LogP contribution in [-0.4, -0.2) is 42.2 Å². The van der Waals surface area contributed by atoms with Crippen LogP contribution in [0.3, 0.4) is 0 Å². The lowest BCUT2D eigenvalue weighted by Crippen LogP contribution is -2.47. The Hall–Kier alpha value is -0.440. The maximum atomic E-state index is 12.1. The van der Waals surface area contributed by atoms with E-state index in [0.29, 0.717) is 42.0 Å². The van der Waals surface area contributed by atoms with Gasteiger partial charge in [0.05, 0.1) is 23.8 Å². The Labute approximate surface area is 135 Å². The second kappa shape index (κ2) is 6.83. The van der Waals surface area contributed by atoms with Crippen LogP contribution < -0.4 is 5.32 Å². The summed E-state index contributed by atoms with van der Waals surface area (Å²) in [6.07, 6.45) is 0. The van der Waals surface area contributed by atoms with Crippen molar-refractivity contribution in [1.29, 1.82) is 0 Å². The summed E-state index contributed by atoms with van der Waals surface area (Å²) in [6, 6.07) is 5.29. The molecule has 0 saturated carbocycles. The van der Waals surface area contributed by atoms with E-state index < -0.39 is 0 Å². The molecule has 0 bridgehead atoms. The minimum atomic E-state index is -0.278. The summed E-state index contributed by atoms with van der Waals surface area (Å²) in [5.41, 5.74) is 0.434. The van der Waals surface area contributed by atoms with E-state index in [0.717, 1.165) is 3.57 Å². The minimum absolute atomic E-state index is 0.278. The molecular weight excluding hydrogens is 399 g/mol. The van der Waals surface area contributed by atoms with Gasteiger partial charge in [-0.05, 0) is 53.0 Å². The Morgan fingerprint density at radius 3 is 2.79 bits per heavy atom. The van der Waals surface area contributed by atoms with Crippen LogP contribution in [-0.2, 0) is 4.74 Å². The van der Waals surface area contributed by atoms with Gasteiger partial charge in [0.2, 0.25) is 0 Å². The summed E-state index contributed by atoms with van der Waals surface area (Å²) >= 11 is 13.4. The molecule has 0 unspecified atom stereocenters. The van der Waals surface area contributed by atoms with Gasteiger partial charge in [0.1, 0.15) is 0 Å². The van der Waals surface area contributed by atoms with Crippen molar-refractivity contribution in [1.82, 2.24) is 10.2 Å². The van der Waals surface area contributed by atoms with Crippen molar-refractivity contribution in [3.05, 3.63) is 32.4 Å². The second-order valence-corrected chi connectivity index (χ2v) is 6.02. The van der Waals surface area contributed by atoms with Crippen molar-refractivity contribution in [2.45, 2.75) is 0 Å². The molecule has 1 fully saturated rings. The van der Waals surface area contributed by atoms with Gasteiger partial charge in [0.25, 0.3) is 5.91 Å². The lowest BCUT2D eigenvalue weighted by molar-refractivity contribution is 0.0669. The zero-order chi connectivity index (χ0) is 13.8. The highest BCUT2D eigenvalue weighted by atomic mass is 127. The van der Waals surface area contributed by atoms with Crippen LogP contribution in [0.1, 0.15) is 10.4 Å². The van der Waals surface area contributed by atoms with Crippen LogP contribution in [0.25, 0.3) is 0 Å². The van der Waals surface area contributed by atoms with Gasteiger partial charge in [0.15, 0.2) is 5.11 Å². The largest absolute Gasteiger partial charge is 0.378 e. The number of morpholine rings is 1. The molecule has 7 heteroatoms. The summed E-state index contributed by atoms with van der Waals surface area (Å²) in [5, 5.41) is 3.55. The van der Waals surface area contributed by atoms with Crippen molar-refractivity contribution in [2.75, 3.05) is 26.3 Å². The molecule has 1 aromatic carbocycles. The number of halogens is 2. The first-order chi connectivity index (χ1) is 9.08. The first-order valence-electron chi connectivity index (χ1n) is 5.71. The highest BCUT2D eigenvalue weighted by molar-refractivity contribution is 14.1. The van der Waals surface area contributed by atoms with Gasteiger partial charge >= 0.3 is 0 Å². The van der Waals surface area contributed by atoms with Gasteiger partial charge < -0.3 is 9.64 Å². The summed E-state index contributed by atoms with van der Waals surface area (Å²) in [7, 11) is 0. The molecule has 2 rings (SSSR count). The Morgan fingerprint density at radius 2 is 2.11 bits per heavy atom. The summed E-state index contributed by atoms with van der Waals surface area (Å²) in [4.78, 5) is 14.0. The van der Waals surface area contributed by atoms with Crippen molar-refractivity contribution < 1.29 is 9.53 Å². The van der Waals surface area contributed by atoms with Crippen LogP contribution in [0.15, 0.2) is 18.2 Å². The van der Waals surface area contributed by atoms with Crippen LogP contribution in [0, 0.1) is 3.57 Å². The molecule has 4 nitrogen and oxygen atoms in total. The van der Waals surface area contributed by atoms with Crippen LogP contribution >= 0.6 is 46.4 Å². The average molecular weight is 411 g/mol. The molecule has 1 aliphatic heterocycles. The first kappa shape index (κ1) is 15.0. The number of hydrogen-bond donors (Lipinski definition) is 1. The van der Waals surface area contributed by atoms with E-state index in [4.69, 9.17) is 28.6 Å². The molecule has 1 amide bonds. The molecule has 102 valence electrons. The molecule has 0 aliphatic carbocycles. The molecule has 1 aliphatic rings. The topological polar surface area (TPSA) is 41.6 Å². The summed E-state index contributed by atoms with van der Waals surface area (Å²) < 4.78 is 6.19. The monoisotopic (exact) mass is 410 g/mol. The van der Waals surface area contributed by atoms with Crippen molar-refractivity contribution >= 4 is 57.4 Å². The van der Waals surface area contributed by atoms with E-state index in [1.807, 2.05) is 11.0 Å². The Morgan fingerprint density at radius 1 is 1.42 bits per heavy atom. The fourth-order valence-corrected chi connectivity index (χ4v) is 2.65. The fourth-order valence-electron chi connectivity index (χ4n) is 1.68. The quantitative estimate of drug-likeness (QED) is 0.570. The van der Waals surface area contributed by atoms with Gasteiger partial charge in [-0.25, -0.2) is 0 Å². The number of nitrogens with one attached hydrogen (secondary N) is 1. The van der Waals surface area contributed by atoms with Gasteiger partial charge in [-0.2, -0.15) is 0 Å². The number of carbonyl (C=O) groups excluding carboxylic acids is 1. The average Bonchev–Trinajstić information content (AvgIpc) is 2.42. The minimum Gasteiger partial charge on any atom is -0.378 e. The van der Waals surface area contributed by atoms with Gasteiger partial charge in [-0.3, -0.25) is 10.1 Å². The van der Waals surface area contributed by atoms with E-state index in [9.17, 15) is 4.79 Å². The molecule has 1 heterocycles. The van der Waals surface area contributed by atoms with Crippen LogP contribution in [0.4, 0.5) is 0 Å². The van der Waals surface area contributed by atoms with E-state index in [2.05, 4.69) is 27.9 Å². The molecule has 0 aromatic heterocycles. The zero-order valence-electron chi connectivity index (χ0n) is 9.99. The molecule has 0 spiro atoms. The van der Waals surface area contributed by atoms with Crippen molar-refractivity contribution in [2.24, 2.45) is 0 Å². The van der Waals surface area contributed by atoms with E-state index >= 15 is 0 Å². The normalized spacial score (nSPS) is 15.2. The number of nitrogens with zero attached hydrogens (tertiary/aromatic N) is 1. The smallest absolute Gasteiger partial charge is 0.258 e. The predicted octanol–water partition coefficient (Wildman–Crippen LogP) is 2.29. The molecule has 19 heavy (non-hydrogen) atoms. The third-order valence-electron chi connectivity index (χ3n) is 2.69. The zero-order valence-corrected chi connectivity index (χ0v) is 13.7. The number of benzene rings is 1. The maximum absolute atomic E-state index is 12.1. The van der Waals surface area contributed by atoms with E-state index in [1.54, 1.807) is 12.1 Å². The molecule has 1 saturated heterocycles. The number of rotatable bonds is 1. The van der Waals surface area contributed by atoms with Crippen molar-refractivity contribution in [3.63, 3.8) is 0 Å². The lowest BCUT2D eigenvalue weighted by Gasteiger charge is -2.28. The van der Waals surface area contributed by atoms with Gasteiger partial charge in [0, 0.05) is 16.7 Å². The number of hydrogen-bond acceptors (Lipinski definition) is 3. The summed E-state index contributed by atoms with van der Waals surface area (Å²) in [5.74, 6) is -0.278. The Bertz CT molecular complexity index is 507. The second-order valence-electron chi connectivity index (χ2n) is 3.98. The third-order valence-corrected chi connectivity index (χ3v) is 4.05. The molecule has 0 atom stereocenters. The van der Waals surface area contributed by atoms with Gasteiger partial charge in [-0.15, -0.1) is 0 Å². The van der Waals surface area contributed by atoms with E-state index in [1.165, 1.54) is 0 Å². The molecule has 1 aromatic rings. The number of thiocarbonyl (C=S) groups is 1.